The summed E-state index contributed by atoms with van der Waals surface area (Å²) in [6, 6.07) is 1.33. The number of aliphatic hydroxyl groups excluding tert-OH is 2. The molecule has 0 amide bonds. The topological polar surface area (TPSA) is 210 Å². The molecule has 16 heteroatoms. The summed E-state index contributed by atoms with van der Waals surface area (Å²) in [5.74, 6) is -1.32. The molecule has 1 aliphatic rings. The van der Waals surface area contributed by atoms with Crippen LogP contribution in [0.25, 0.3) is 0 Å². The van der Waals surface area contributed by atoms with Gasteiger partial charge < -0.3 is 34.2 Å². The Balaban J connectivity index is 2.08. The van der Waals surface area contributed by atoms with E-state index < -0.39 is 57.9 Å². The van der Waals surface area contributed by atoms with Gasteiger partial charge in [-0.25, -0.2) is 10.3 Å². The molecule has 1 aliphatic heterocycles. The van der Waals surface area contributed by atoms with E-state index in [1.165, 1.54) is 19.4 Å². The third-order valence-electron chi connectivity index (χ3n) is 3.45. The van der Waals surface area contributed by atoms with Crippen LogP contribution < -0.4 is 11.2 Å². The Labute approximate surface area is 152 Å². The lowest BCUT2D eigenvalue weighted by Crippen LogP contribution is -2.36. The van der Waals surface area contributed by atoms with E-state index >= 15 is 0 Å². The van der Waals surface area contributed by atoms with Crippen LogP contribution in [0.4, 0.5) is 5.82 Å². The van der Waals surface area contributed by atoms with Crippen LogP contribution >= 0.6 is 15.2 Å². The van der Waals surface area contributed by atoms with Gasteiger partial charge in [0.25, 0.3) is 0 Å². The fourth-order valence-electron chi connectivity index (χ4n) is 2.33. The van der Waals surface area contributed by atoms with Crippen LogP contribution in [0.5, 0.6) is 0 Å². The molecule has 154 valence electrons. The van der Waals surface area contributed by atoms with E-state index in [0.717, 1.165) is 4.57 Å². The SMILES string of the molecule is CONc1ccn([C@@H]2O[C@H](COP(=O)(O)CP(=O)(O)O)[C@@H](O)[C@H]2O)c(=O)n1. The van der Waals surface area contributed by atoms with Crippen molar-refractivity contribution in [3.63, 3.8) is 0 Å². The summed E-state index contributed by atoms with van der Waals surface area (Å²) in [6.45, 7) is -0.756. The summed E-state index contributed by atoms with van der Waals surface area (Å²) in [6.07, 6.45) is -4.70. The summed E-state index contributed by atoms with van der Waals surface area (Å²) >= 11 is 0. The fourth-order valence-corrected chi connectivity index (χ4v) is 4.90. The fraction of sp³-hybridized carbons (Fsp3) is 0.636. The van der Waals surface area contributed by atoms with Gasteiger partial charge in [0.1, 0.15) is 18.3 Å². The molecule has 1 aromatic rings. The van der Waals surface area contributed by atoms with Crippen molar-refractivity contribution < 1.29 is 48.1 Å². The zero-order valence-corrected chi connectivity index (χ0v) is 15.6. The van der Waals surface area contributed by atoms with E-state index in [0.29, 0.717) is 0 Å². The summed E-state index contributed by atoms with van der Waals surface area (Å²) in [5.41, 5.74) is 1.49. The van der Waals surface area contributed by atoms with Crippen molar-refractivity contribution in [3.8, 4) is 0 Å². The van der Waals surface area contributed by atoms with Crippen LogP contribution in [-0.4, -0.2) is 72.4 Å². The molecule has 0 radical (unpaired) electrons. The number of hydrogen-bond acceptors (Lipinski definition) is 10. The molecule has 2 rings (SSSR count). The van der Waals surface area contributed by atoms with E-state index in [9.17, 15) is 29.0 Å². The van der Waals surface area contributed by atoms with Crippen molar-refractivity contribution in [1.29, 1.82) is 0 Å². The number of nitrogens with zero attached hydrogens (tertiary/aromatic N) is 2. The molecule has 0 aromatic carbocycles. The Hall–Kier alpha value is -1.18. The third kappa shape index (κ3) is 5.90. The van der Waals surface area contributed by atoms with E-state index in [2.05, 4.69) is 19.8 Å². The maximum absolute atomic E-state index is 12.0. The van der Waals surface area contributed by atoms with Gasteiger partial charge in [0, 0.05) is 6.20 Å². The summed E-state index contributed by atoms with van der Waals surface area (Å²) < 4.78 is 33.2. The molecule has 0 aliphatic carbocycles. The van der Waals surface area contributed by atoms with Gasteiger partial charge in [-0.15, -0.1) is 0 Å². The summed E-state index contributed by atoms with van der Waals surface area (Å²) in [7, 11) is -8.17. The van der Waals surface area contributed by atoms with E-state index in [1.54, 1.807) is 0 Å². The third-order valence-corrected chi connectivity index (χ3v) is 6.91. The maximum atomic E-state index is 12.0. The first-order valence-corrected chi connectivity index (χ1v) is 10.9. The Morgan fingerprint density at radius 2 is 1.96 bits per heavy atom. The standard InChI is InChI=1S/C11H19N3O11P2/c1-23-13-7-2-3-14(11(17)12-7)10-9(16)8(15)6(25-10)4-24-27(21,22)5-26(18,19)20/h2-3,6,8-10,15-16H,4-5H2,1H3,(H,21,22)(H,12,13,17)(H2,18,19,20)/t6-,8-,9-,10-/m1/s1. The van der Waals surface area contributed by atoms with Crippen LogP contribution in [-0.2, 0) is 23.2 Å². The monoisotopic (exact) mass is 431 g/mol. The number of hydrogen-bond donors (Lipinski definition) is 6. The number of ether oxygens (including phenoxy) is 1. The molecule has 0 bridgehead atoms. The summed E-state index contributed by atoms with van der Waals surface area (Å²) in [5, 5.41) is 20.1. The molecule has 1 fully saturated rings. The highest BCUT2D eigenvalue weighted by atomic mass is 31.2. The zero-order valence-electron chi connectivity index (χ0n) is 13.9. The Bertz CT molecular complexity index is 811. The number of aromatic nitrogens is 2. The second kappa shape index (κ2) is 8.45. The largest absolute Gasteiger partial charge is 0.387 e. The highest BCUT2D eigenvalue weighted by molar-refractivity contribution is 7.70. The number of aliphatic hydroxyl groups is 2. The van der Waals surface area contributed by atoms with Crippen LogP contribution in [0.15, 0.2) is 17.1 Å². The van der Waals surface area contributed by atoms with Crippen molar-refractivity contribution >= 4 is 21.0 Å². The molecule has 1 unspecified atom stereocenters. The molecule has 1 aromatic heterocycles. The van der Waals surface area contributed by atoms with Gasteiger partial charge in [0.15, 0.2) is 17.9 Å². The average molecular weight is 431 g/mol. The van der Waals surface area contributed by atoms with Gasteiger partial charge in [-0.3, -0.25) is 18.5 Å². The van der Waals surface area contributed by atoms with Crippen LogP contribution in [0, 0.1) is 0 Å². The van der Waals surface area contributed by atoms with Crippen molar-refractivity contribution in [1.82, 2.24) is 9.55 Å². The minimum absolute atomic E-state index is 0.0883. The lowest BCUT2D eigenvalue weighted by atomic mass is 10.1. The van der Waals surface area contributed by atoms with Gasteiger partial charge in [0.2, 0.25) is 0 Å². The van der Waals surface area contributed by atoms with Crippen molar-refractivity contribution in [2.24, 2.45) is 0 Å². The minimum Gasteiger partial charge on any atom is -0.387 e. The highest BCUT2D eigenvalue weighted by Crippen LogP contribution is 2.55. The van der Waals surface area contributed by atoms with Gasteiger partial charge in [-0.2, -0.15) is 4.98 Å². The van der Waals surface area contributed by atoms with Crippen LogP contribution in [0.3, 0.4) is 0 Å². The van der Waals surface area contributed by atoms with Crippen molar-refractivity contribution in [2.45, 2.75) is 24.5 Å². The number of nitrogens with one attached hydrogen (secondary N) is 1. The molecule has 0 saturated carbocycles. The molecule has 5 atom stereocenters. The van der Waals surface area contributed by atoms with Crippen molar-refractivity contribution in [3.05, 3.63) is 22.7 Å². The Morgan fingerprint density at radius 3 is 2.52 bits per heavy atom. The Kier molecular flexibility index (Phi) is 6.92. The van der Waals surface area contributed by atoms with E-state index in [1.807, 2.05) is 0 Å². The predicted octanol–water partition coefficient (Wildman–Crippen LogP) is -1.83. The minimum atomic E-state index is -4.81. The lowest BCUT2D eigenvalue weighted by molar-refractivity contribution is -0.0523. The van der Waals surface area contributed by atoms with Gasteiger partial charge in [-0.05, 0) is 6.07 Å². The van der Waals surface area contributed by atoms with Gasteiger partial charge >= 0.3 is 20.9 Å². The predicted molar refractivity (Wildman–Crippen MR) is 87.7 cm³/mol. The molecular formula is C11H19N3O11P2. The quantitative estimate of drug-likeness (QED) is 0.198. The summed E-state index contributed by atoms with van der Waals surface area (Å²) in [4.78, 5) is 47.1. The molecule has 6 N–H and O–H groups in total. The molecule has 2 heterocycles. The van der Waals surface area contributed by atoms with Gasteiger partial charge in [-0.1, -0.05) is 0 Å². The average Bonchev–Trinajstić information content (AvgIpc) is 2.79. The smallest absolute Gasteiger partial charge is 0.351 e. The maximum Gasteiger partial charge on any atom is 0.351 e. The van der Waals surface area contributed by atoms with Crippen molar-refractivity contribution in [2.75, 3.05) is 25.1 Å². The van der Waals surface area contributed by atoms with Crippen LogP contribution in [0.2, 0.25) is 0 Å². The molecular weight excluding hydrogens is 412 g/mol. The highest BCUT2D eigenvalue weighted by Gasteiger charge is 2.45. The molecule has 0 spiro atoms. The first-order chi connectivity index (χ1) is 12.4. The second-order valence-corrected chi connectivity index (χ2v) is 9.59. The zero-order chi connectivity index (χ0) is 20.4. The van der Waals surface area contributed by atoms with Crippen LogP contribution in [0.1, 0.15) is 6.23 Å². The molecule has 27 heavy (non-hydrogen) atoms. The van der Waals surface area contributed by atoms with E-state index in [-0.39, 0.29) is 5.82 Å². The molecule has 14 nitrogen and oxygen atoms in total. The second-order valence-electron chi connectivity index (χ2n) is 5.59. The first kappa shape index (κ1) is 22.1. The lowest BCUT2D eigenvalue weighted by Gasteiger charge is -2.18. The number of anilines is 1. The van der Waals surface area contributed by atoms with E-state index in [4.69, 9.17) is 14.5 Å². The van der Waals surface area contributed by atoms with Gasteiger partial charge in [0.05, 0.1) is 13.7 Å². The first-order valence-electron chi connectivity index (χ1n) is 7.34. The number of rotatable bonds is 8. The molecule has 1 saturated heterocycles. The normalized spacial score (nSPS) is 28.1. The Morgan fingerprint density at radius 1 is 1.30 bits per heavy atom.